The number of hydrogen-bond donors (Lipinski definition) is 1. The van der Waals surface area contributed by atoms with E-state index in [0.717, 1.165) is 49.2 Å². The van der Waals surface area contributed by atoms with Crippen molar-refractivity contribution in [2.24, 2.45) is 0 Å². The number of benzene rings is 3. The molecule has 5 rings (SSSR count). The molecule has 1 unspecified atom stereocenters. The van der Waals surface area contributed by atoms with Gasteiger partial charge >= 0.3 is 5.97 Å². The summed E-state index contributed by atoms with van der Waals surface area (Å²) in [5, 5.41) is 3.20. The van der Waals surface area contributed by atoms with Crippen LogP contribution in [-0.2, 0) is 27.4 Å². The number of aryl methyl sites for hydroxylation is 1. The number of esters is 1. The number of amides is 2. The van der Waals surface area contributed by atoms with Gasteiger partial charge in [-0.3, -0.25) is 14.5 Å². The van der Waals surface area contributed by atoms with Gasteiger partial charge in [-0.15, -0.1) is 0 Å². The molecule has 3 aromatic carbocycles. The Morgan fingerprint density at radius 3 is 2.26 bits per heavy atom. The van der Waals surface area contributed by atoms with Crippen LogP contribution >= 0.6 is 0 Å². The van der Waals surface area contributed by atoms with Crippen LogP contribution in [0.15, 0.2) is 90.1 Å². The molecular weight excluding hydrogens is 538 g/mol. The molecule has 0 aromatic heterocycles. The molecule has 1 fully saturated rings. The fourth-order valence-corrected chi connectivity index (χ4v) is 6.14. The van der Waals surface area contributed by atoms with Crippen LogP contribution < -0.4 is 5.32 Å². The summed E-state index contributed by atoms with van der Waals surface area (Å²) in [5.41, 5.74) is 5.94. The Morgan fingerprint density at radius 2 is 1.58 bits per heavy atom. The first-order valence-electron chi connectivity index (χ1n) is 15.2. The Kier molecular flexibility index (Phi) is 9.72. The molecule has 0 bridgehead atoms. The molecule has 7 nitrogen and oxygen atoms in total. The predicted molar refractivity (Wildman–Crippen MR) is 167 cm³/mol. The third-order valence-electron chi connectivity index (χ3n) is 8.49. The number of likely N-dealkylation sites (tertiary alicyclic amines) is 1. The SMILES string of the molecule is CCOC(=O)C1=C(C)N(Cc2ccc(C(=O)NC3CCN(Cc4ccccc4)CC3)cc2)C(=O)CC1c1cccc(C)c1. The second-order valence-electron chi connectivity index (χ2n) is 11.6. The lowest BCUT2D eigenvalue weighted by Gasteiger charge is -2.34. The summed E-state index contributed by atoms with van der Waals surface area (Å²) in [6.07, 6.45) is 2.04. The molecule has 0 saturated carbocycles. The number of rotatable bonds is 9. The van der Waals surface area contributed by atoms with Gasteiger partial charge in [-0.1, -0.05) is 72.3 Å². The smallest absolute Gasteiger partial charge is 0.336 e. The molecule has 43 heavy (non-hydrogen) atoms. The molecule has 2 amide bonds. The molecule has 2 heterocycles. The third-order valence-corrected chi connectivity index (χ3v) is 8.49. The van der Waals surface area contributed by atoms with Crippen LogP contribution in [-0.4, -0.2) is 53.3 Å². The van der Waals surface area contributed by atoms with E-state index in [4.69, 9.17) is 4.74 Å². The zero-order chi connectivity index (χ0) is 30.3. The number of hydrogen-bond acceptors (Lipinski definition) is 5. The topological polar surface area (TPSA) is 79.0 Å². The summed E-state index contributed by atoms with van der Waals surface area (Å²) < 4.78 is 5.42. The molecule has 224 valence electrons. The first kappa shape index (κ1) is 30.2. The van der Waals surface area contributed by atoms with Gasteiger partial charge in [-0.05, 0) is 62.4 Å². The quantitative estimate of drug-likeness (QED) is 0.327. The van der Waals surface area contributed by atoms with Crippen molar-refractivity contribution in [1.82, 2.24) is 15.1 Å². The maximum absolute atomic E-state index is 13.4. The van der Waals surface area contributed by atoms with E-state index in [1.165, 1.54) is 5.56 Å². The van der Waals surface area contributed by atoms with Gasteiger partial charge in [0.1, 0.15) is 0 Å². The molecule has 0 aliphatic carbocycles. The van der Waals surface area contributed by atoms with E-state index in [0.29, 0.717) is 23.4 Å². The first-order chi connectivity index (χ1) is 20.8. The molecule has 3 aromatic rings. The average Bonchev–Trinajstić information content (AvgIpc) is 3.01. The fourth-order valence-electron chi connectivity index (χ4n) is 6.14. The Labute approximate surface area is 254 Å². The van der Waals surface area contributed by atoms with Crippen molar-refractivity contribution >= 4 is 17.8 Å². The maximum Gasteiger partial charge on any atom is 0.336 e. The van der Waals surface area contributed by atoms with Crippen LogP contribution in [0.5, 0.6) is 0 Å². The molecule has 0 spiro atoms. The number of carbonyl (C=O) groups is 3. The summed E-state index contributed by atoms with van der Waals surface area (Å²) in [6, 6.07) is 26.0. The van der Waals surface area contributed by atoms with Crippen LogP contribution in [0.25, 0.3) is 0 Å². The highest BCUT2D eigenvalue weighted by Gasteiger charge is 2.37. The van der Waals surface area contributed by atoms with Crippen LogP contribution in [0.4, 0.5) is 0 Å². The van der Waals surface area contributed by atoms with Crippen molar-refractivity contribution in [2.45, 2.75) is 65.1 Å². The fraction of sp³-hybridized carbons (Fsp3) is 0.361. The van der Waals surface area contributed by atoms with Crippen molar-refractivity contribution in [2.75, 3.05) is 19.7 Å². The minimum atomic E-state index is -0.387. The Bertz CT molecular complexity index is 1470. The van der Waals surface area contributed by atoms with Gasteiger partial charge in [0.25, 0.3) is 5.91 Å². The second-order valence-corrected chi connectivity index (χ2v) is 11.6. The number of allylic oxidation sites excluding steroid dienone is 1. The summed E-state index contributed by atoms with van der Waals surface area (Å²) in [4.78, 5) is 43.6. The van der Waals surface area contributed by atoms with E-state index < -0.39 is 0 Å². The molecule has 1 atom stereocenters. The normalized spacial score (nSPS) is 18.1. The molecule has 2 aliphatic heterocycles. The minimum absolute atomic E-state index is 0.0440. The number of ether oxygens (including phenoxy) is 1. The maximum atomic E-state index is 13.4. The van der Waals surface area contributed by atoms with Crippen molar-refractivity contribution < 1.29 is 19.1 Å². The zero-order valence-corrected chi connectivity index (χ0v) is 25.3. The van der Waals surface area contributed by atoms with Crippen molar-refractivity contribution in [3.63, 3.8) is 0 Å². The lowest BCUT2D eigenvalue weighted by molar-refractivity contribution is -0.140. The van der Waals surface area contributed by atoms with Gasteiger partial charge in [0.2, 0.25) is 5.91 Å². The van der Waals surface area contributed by atoms with Crippen molar-refractivity contribution in [3.05, 3.63) is 118 Å². The van der Waals surface area contributed by atoms with Crippen molar-refractivity contribution in [1.29, 1.82) is 0 Å². The largest absolute Gasteiger partial charge is 0.463 e. The summed E-state index contributed by atoms with van der Waals surface area (Å²) in [7, 11) is 0. The number of piperidine rings is 1. The monoisotopic (exact) mass is 579 g/mol. The van der Waals surface area contributed by atoms with Crippen LogP contribution in [0.3, 0.4) is 0 Å². The van der Waals surface area contributed by atoms with Gasteiger partial charge in [-0.25, -0.2) is 4.79 Å². The summed E-state index contributed by atoms with van der Waals surface area (Å²) in [6.45, 7) is 9.02. The summed E-state index contributed by atoms with van der Waals surface area (Å²) >= 11 is 0. The second kappa shape index (κ2) is 13.8. The molecule has 1 saturated heterocycles. The molecule has 7 heteroatoms. The lowest BCUT2D eigenvalue weighted by Crippen LogP contribution is -2.44. The zero-order valence-electron chi connectivity index (χ0n) is 25.3. The Hall–Kier alpha value is -4.23. The van der Waals surface area contributed by atoms with Crippen molar-refractivity contribution in [3.8, 4) is 0 Å². The van der Waals surface area contributed by atoms with E-state index in [-0.39, 0.29) is 42.8 Å². The average molecular weight is 580 g/mol. The van der Waals surface area contributed by atoms with Gasteiger partial charge in [0, 0.05) is 49.3 Å². The van der Waals surface area contributed by atoms with E-state index in [9.17, 15) is 14.4 Å². The highest BCUT2D eigenvalue weighted by Crippen LogP contribution is 2.38. The minimum Gasteiger partial charge on any atom is -0.463 e. The van der Waals surface area contributed by atoms with E-state index in [1.807, 2.05) is 68.4 Å². The molecule has 2 aliphatic rings. The van der Waals surface area contributed by atoms with Gasteiger partial charge in [-0.2, -0.15) is 0 Å². The highest BCUT2D eigenvalue weighted by atomic mass is 16.5. The first-order valence-corrected chi connectivity index (χ1v) is 15.2. The predicted octanol–water partition coefficient (Wildman–Crippen LogP) is 5.74. The van der Waals surface area contributed by atoms with E-state index in [1.54, 1.807) is 11.8 Å². The number of carbonyl (C=O) groups excluding carboxylic acids is 3. The number of nitrogens with zero attached hydrogens (tertiary/aromatic N) is 2. The molecule has 1 N–H and O–H groups in total. The number of nitrogens with one attached hydrogen (secondary N) is 1. The third kappa shape index (κ3) is 7.41. The molecular formula is C36H41N3O4. The van der Waals surface area contributed by atoms with Crippen LogP contribution in [0, 0.1) is 6.92 Å². The van der Waals surface area contributed by atoms with E-state index in [2.05, 4.69) is 34.5 Å². The Balaban J connectivity index is 1.22. The van der Waals surface area contributed by atoms with E-state index >= 15 is 0 Å². The lowest BCUT2D eigenvalue weighted by atomic mass is 9.83. The Morgan fingerprint density at radius 1 is 0.884 bits per heavy atom. The van der Waals surface area contributed by atoms with Gasteiger partial charge < -0.3 is 15.0 Å². The standard InChI is InChI=1S/C36H41N3O4/c1-4-43-36(42)34-26(3)39(33(40)22-32(34)30-12-8-9-25(2)21-30)24-28-13-15-29(16-14-28)35(41)37-31-17-19-38(20-18-31)23-27-10-6-5-7-11-27/h5-16,21,31-32H,4,17-20,22-24H2,1-3H3,(H,37,41). The molecule has 0 radical (unpaired) electrons. The van der Waals surface area contributed by atoms with Crippen LogP contribution in [0.2, 0.25) is 0 Å². The summed E-state index contributed by atoms with van der Waals surface area (Å²) in [5.74, 6) is -0.859. The highest BCUT2D eigenvalue weighted by molar-refractivity contribution is 5.96. The van der Waals surface area contributed by atoms with Gasteiger partial charge in [0.15, 0.2) is 0 Å². The van der Waals surface area contributed by atoms with Gasteiger partial charge in [0.05, 0.1) is 18.7 Å². The van der Waals surface area contributed by atoms with Crippen LogP contribution in [0.1, 0.15) is 71.6 Å².